The first-order valence-corrected chi connectivity index (χ1v) is 42.3. The van der Waals surface area contributed by atoms with Crippen LogP contribution < -0.4 is 0 Å². The smallest absolute Gasteiger partial charge is 0.169 e. The number of aliphatic hydroxyl groups excluding tert-OH is 8. The largest absolute Gasteiger partial charge is 0.387 e. The molecule has 2 aromatic carbocycles. The van der Waals surface area contributed by atoms with Crippen molar-refractivity contribution in [3.8, 4) is 0 Å². The minimum atomic E-state index is -1.08. The van der Waals surface area contributed by atoms with Gasteiger partial charge in [0.05, 0.1) is 52.9 Å². The highest BCUT2D eigenvalue weighted by Gasteiger charge is 2.57. The van der Waals surface area contributed by atoms with Crippen LogP contribution in [0, 0.1) is 22.7 Å². The normalized spacial score (nSPS) is 39.5. The molecule has 6 spiro atoms. The fourth-order valence-electron chi connectivity index (χ4n) is 19.8. The van der Waals surface area contributed by atoms with Crippen molar-refractivity contribution in [3.05, 3.63) is 71.8 Å². The van der Waals surface area contributed by atoms with E-state index in [4.69, 9.17) is 75.8 Å². The van der Waals surface area contributed by atoms with Gasteiger partial charge in [-0.15, -0.1) is 0 Å². The molecule has 14 aliphatic rings. The van der Waals surface area contributed by atoms with Crippen LogP contribution in [0.15, 0.2) is 60.7 Å². The van der Waals surface area contributed by atoms with Crippen LogP contribution in [0.5, 0.6) is 0 Å². The van der Waals surface area contributed by atoms with Gasteiger partial charge in [-0.3, -0.25) is 0 Å². The molecule has 8 N–H and O–H groups in total. The first-order chi connectivity index (χ1) is 52.2. The van der Waals surface area contributed by atoms with Crippen LogP contribution in [0.3, 0.4) is 0 Å². The highest BCUT2D eigenvalue weighted by atomic mass is 16.8. The Bertz CT molecular complexity index is 2930. The molecule has 8 saturated heterocycles. The third-order valence-electron chi connectivity index (χ3n) is 27.0. The third kappa shape index (κ3) is 20.4. The number of rotatable bonds is 14. The molecule has 14 fully saturated rings. The SMILES string of the molecule is CC(C)(C)C1CCC2(CC1)OC[C@@H]([C@H](O)[C@@H](O)[C@@H]1COC3(CCC(C(C)(C)C)CC3)O1)O2.CC1(C)OC[C@@H]([C@H](O)[C@@H](O)[C@@H]2COC(C)(C)O2)O1.O[C@H]([C@@H](O)[C@@H]1COC2(CCC(c3ccccc3)CC2)O1)[C@@H]1COC2(CCC(c3ccccc3)CC2)O1.O[C@H]([C@@H](O)[C@@H]1COC2(CCCCC2)O1)[C@@H]1COC2(CCCCC2)O1. The highest BCUT2D eigenvalue weighted by molar-refractivity contribution is 5.22. The highest BCUT2D eigenvalue weighted by Crippen LogP contribution is 2.52. The standard InChI is InChI=1S/C30H38O6.C26H46O6.C18H30O6.C12H22O6/c31-27(25-19-33-29(35-25)15-11-23(12-16-29)21-7-3-1-4-8-21)28(32)26-20-34-30(36-26)17-13-24(14-18-30)22-9-5-2-6-10-22;1-23(2,3)17-7-11-25(12-8-17)29-15-19(31-25)21(27)22(28)20-16-30-26(32-20)13-9-18(10-14-26)24(4,5)6;19-15(13-11-21-17(23-13)7-3-1-4-8-17)16(20)14-12-22-18(24-14)9-5-2-6-10-18;1-11(2)15-5-7(17-11)9(13)10(14)8-6-16-12(3,4)18-8/h1-10,23-28,31-32H,11-20H2;17-22,27-28H,7-16H2,1-6H3;13-16,19-20H,1-12H2;7-10,13-14H,5-6H2,1-4H3/t23?,24?,25-,26-,27-,28-,29?,30?;17?,18?,19-,20-,21-,22-,25?,26?;13-,14-,15-,16-;7-,8-,9-,10-/m0000/s1. The minimum Gasteiger partial charge on any atom is -0.387 e. The van der Waals surface area contributed by atoms with E-state index in [1.807, 2.05) is 12.1 Å². The minimum absolute atomic E-state index is 0.252. The molecule has 24 nitrogen and oxygen atoms in total. The molecule has 0 aromatic heterocycles. The molecule has 0 radical (unpaired) electrons. The van der Waals surface area contributed by atoms with Gasteiger partial charge in [-0.2, -0.15) is 0 Å². The van der Waals surface area contributed by atoms with E-state index >= 15 is 0 Å². The molecule has 6 saturated carbocycles. The van der Waals surface area contributed by atoms with Crippen molar-refractivity contribution in [1.29, 1.82) is 0 Å². The van der Waals surface area contributed by atoms with Crippen molar-refractivity contribution in [2.24, 2.45) is 22.7 Å². The van der Waals surface area contributed by atoms with Crippen LogP contribution >= 0.6 is 0 Å². The first kappa shape index (κ1) is 85.4. The van der Waals surface area contributed by atoms with Crippen LogP contribution in [-0.4, -0.2) is 238 Å². The van der Waals surface area contributed by atoms with Gasteiger partial charge in [0.15, 0.2) is 46.3 Å². The summed E-state index contributed by atoms with van der Waals surface area (Å²) in [6.07, 6.45) is 12.3. The summed E-state index contributed by atoms with van der Waals surface area (Å²) in [6.45, 7) is 23.2. The topological polar surface area (TPSA) is 310 Å². The van der Waals surface area contributed by atoms with E-state index in [0.29, 0.717) is 50.1 Å². The average molecular weight is 1550 g/mol. The number of aliphatic hydroxyl groups is 8. The van der Waals surface area contributed by atoms with E-state index in [1.54, 1.807) is 27.7 Å². The molecule has 8 aliphatic heterocycles. The summed E-state index contributed by atoms with van der Waals surface area (Å²) >= 11 is 0. The van der Waals surface area contributed by atoms with Gasteiger partial charge in [0.1, 0.15) is 97.7 Å². The summed E-state index contributed by atoms with van der Waals surface area (Å²) in [5.74, 6) is -2.71. The van der Waals surface area contributed by atoms with Crippen LogP contribution in [-0.2, 0) is 75.8 Å². The van der Waals surface area contributed by atoms with Gasteiger partial charge < -0.3 is 117 Å². The Hall–Kier alpha value is -2.52. The maximum Gasteiger partial charge on any atom is 0.169 e. The van der Waals surface area contributed by atoms with Crippen LogP contribution in [0.1, 0.15) is 259 Å². The lowest BCUT2D eigenvalue weighted by atomic mass is 9.71. The molecular formula is C86H136O24. The van der Waals surface area contributed by atoms with Crippen molar-refractivity contribution in [2.45, 2.75) is 392 Å². The summed E-state index contributed by atoms with van der Waals surface area (Å²) in [5.41, 5.74) is 3.30. The zero-order valence-electron chi connectivity index (χ0n) is 67.5. The lowest BCUT2D eigenvalue weighted by molar-refractivity contribution is -0.224. The van der Waals surface area contributed by atoms with Gasteiger partial charge in [-0.1, -0.05) is 115 Å². The fraction of sp³-hybridized carbons (Fsp3) is 0.860. The molecule has 624 valence electrons. The third-order valence-corrected chi connectivity index (χ3v) is 27.0. The summed E-state index contributed by atoms with van der Waals surface area (Å²) in [4.78, 5) is 0. The van der Waals surface area contributed by atoms with Gasteiger partial charge in [0, 0.05) is 77.0 Å². The lowest BCUT2D eigenvalue weighted by Crippen LogP contribution is -2.48. The Labute approximate surface area is 653 Å². The van der Waals surface area contributed by atoms with Crippen molar-refractivity contribution < 1.29 is 117 Å². The number of hydrogen-bond donors (Lipinski definition) is 8. The Morgan fingerprint density at radius 1 is 0.264 bits per heavy atom. The quantitative estimate of drug-likeness (QED) is 0.0871. The Morgan fingerprint density at radius 2 is 0.464 bits per heavy atom. The monoisotopic (exact) mass is 1550 g/mol. The molecule has 0 amide bonds. The van der Waals surface area contributed by atoms with Crippen LogP contribution in [0.2, 0.25) is 0 Å². The van der Waals surface area contributed by atoms with Gasteiger partial charge in [-0.05, 0) is 150 Å². The predicted molar refractivity (Wildman–Crippen MR) is 403 cm³/mol. The molecule has 110 heavy (non-hydrogen) atoms. The van der Waals surface area contributed by atoms with Crippen molar-refractivity contribution in [2.75, 3.05) is 52.9 Å². The first-order valence-electron chi connectivity index (χ1n) is 42.3. The summed E-state index contributed by atoms with van der Waals surface area (Å²) < 4.78 is 95.0. The molecule has 24 heteroatoms. The molecule has 16 rings (SSSR count). The fourth-order valence-corrected chi connectivity index (χ4v) is 19.8. The van der Waals surface area contributed by atoms with Gasteiger partial charge in [0.25, 0.3) is 0 Å². The lowest BCUT2D eigenvalue weighted by Gasteiger charge is -2.41. The maximum absolute atomic E-state index is 11.0. The van der Waals surface area contributed by atoms with E-state index < -0.39 is 144 Å². The summed E-state index contributed by atoms with van der Waals surface area (Å²) in [7, 11) is 0. The zero-order chi connectivity index (χ0) is 78.1. The van der Waals surface area contributed by atoms with Crippen LogP contribution in [0.25, 0.3) is 0 Å². The molecule has 2 aromatic rings. The van der Waals surface area contributed by atoms with Gasteiger partial charge in [0.2, 0.25) is 0 Å². The number of hydrogen-bond acceptors (Lipinski definition) is 24. The van der Waals surface area contributed by atoms with E-state index in [9.17, 15) is 40.9 Å². The molecule has 0 bridgehead atoms. The molecule has 6 aliphatic carbocycles. The van der Waals surface area contributed by atoms with Crippen molar-refractivity contribution in [3.63, 3.8) is 0 Å². The second kappa shape index (κ2) is 35.2. The Balaban J connectivity index is 0.000000133. The second-order valence-corrected chi connectivity index (χ2v) is 37.7. The van der Waals surface area contributed by atoms with Crippen LogP contribution in [0.4, 0.5) is 0 Å². The zero-order valence-corrected chi connectivity index (χ0v) is 67.5. The van der Waals surface area contributed by atoms with E-state index in [-0.39, 0.29) is 37.3 Å². The molecule has 16 atom stereocenters. The number of ether oxygens (including phenoxy) is 16. The van der Waals surface area contributed by atoms with Gasteiger partial charge in [-0.25, -0.2) is 0 Å². The van der Waals surface area contributed by atoms with E-state index in [1.165, 1.54) is 24.0 Å². The van der Waals surface area contributed by atoms with Crippen molar-refractivity contribution >= 4 is 0 Å². The second-order valence-electron chi connectivity index (χ2n) is 37.7. The van der Waals surface area contributed by atoms with E-state index in [2.05, 4.69) is 90.1 Å². The average Bonchev–Trinajstić information content (AvgIpc) is 1.59. The summed E-state index contributed by atoms with van der Waals surface area (Å²) in [6, 6.07) is 21.2. The maximum atomic E-state index is 11.0. The van der Waals surface area contributed by atoms with Gasteiger partial charge >= 0.3 is 0 Å². The predicted octanol–water partition coefficient (Wildman–Crippen LogP) is 10.9. The summed E-state index contributed by atoms with van der Waals surface area (Å²) in [5, 5.41) is 85.2. The van der Waals surface area contributed by atoms with E-state index in [0.717, 1.165) is 154 Å². The molecular weight excluding hydrogens is 1420 g/mol. The van der Waals surface area contributed by atoms with Crippen molar-refractivity contribution in [1.82, 2.24) is 0 Å². The Kier molecular flexibility index (Phi) is 27.3. The molecule has 8 heterocycles. The number of benzene rings is 2. The molecule has 0 unspecified atom stereocenters. The Morgan fingerprint density at radius 3 is 0.673 bits per heavy atom.